The molecule has 0 unspecified atom stereocenters. The van der Waals surface area contributed by atoms with Crippen LogP contribution in [0.2, 0.25) is 0 Å². The summed E-state index contributed by atoms with van der Waals surface area (Å²) in [6.07, 6.45) is 1.54. The van der Waals surface area contributed by atoms with Crippen molar-refractivity contribution in [1.29, 1.82) is 0 Å². The van der Waals surface area contributed by atoms with Gasteiger partial charge in [0.1, 0.15) is 0 Å². The van der Waals surface area contributed by atoms with Gasteiger partial charge in [0.05, 0.1) is 0 Å². The van der Waals surface area contributed by atoms with Gasteiger partial charge in [0, 0.05) is 18.6 Å². The highest BCUT2D eigenvalue weighted by Gasteiger charge is 2.27. The third-order valence-corrected chi connectivity index (χ3v) is 3.01. The van der Waals surface area contributed by atoms with Crippen molar-refractivity contribution in [2.75, 3.05) is 13.2 Å². The summed E-state index contributed by atoms with van der Waals surface area (Å²) in [5.74, 6) is 0.0935. The molecule has 0 rings (SSSR count). The number of carbonyl (C=O) groups is 1. The first-order chi connectivity index (χ1) is 6.75. The molecule has 15 heavy (non-hydrogen) atoms. The highest BCUT2D eigenvalue weighted by molar-refractivity contribution is 5.81. The zero-order valence-electron chi connectivity index (χ0n) is 10.7. The van der Waals surface area contributed by atoms with Crippen LogP contribution in [0.5, 0.6) is 0 Å². The number of amides is 1. The third-order valence-electron chi connectivity index (χ3n) is 3.01. The monoisotopic (exact) mass is 215 g/mol. The van der Waals surface area contributed by atoms with Crippen molar-refractivity contribution >= 4 is 5.91 Å². The molecule has 0 aliphatic carbocycles. The van der Waals surface area contributed by atoms with Crippen LogP contribution in [0.15, 0.2) is 0 Å². The second-order valence-electron chi connectivity index (χ2n) is 5.56. The minimum atomic E-state index is -0.296. The SMILES string of the molecule is CCC(C)(C)C(=O)NCC(C)(C)CCO. The molecule has 2 N–H and O–H groups in total. The van der Waals surface area contributed by atoms with Gasteiger partial charge in [-0.2, -0.15) is 0 Å². The molecule has 0 aromatic rings. The van der Waals surface area contributed by atoms with E-state index in [4.69, 9.17) is 5.11 Å². The van der Waals surface area contributed by atoms with Crippen molar-refractivity contribution in [3.8, 4) is 0 Å². The summed E-state index contributed by atoms with van der Waals surface area (Å²) in [5.41, 5.74) is -0.330. The van der Waals surface area contributed by atoms with Gasteiger partial charge in [-0.15, -0.1) is 0 Å². The average Bonchev–Trinajstić information content (AvgIpc) is 2.14. The fraction of sp³-hybridized carbons (Fsp3) is 0.917. The van der Waals surface area contributed by atoms with Crippen LogP contribution in [-0.4, -0.2) is 24.2 Å². The van der Waals surface area contributed by atoms with Gasteiger partial charge in [0.15, 0.2) is 0 Å². The molecule has 1 amide bonds. The number of aliphatic hydroxyl groups excluding tert-OH is 1. The lowest BCUT2D eigenvalue weighted by molar-refractivity contribution is -0.130. The molecule has 0 aliphatic rings. The molecular formula is C12H25NO2. The number of rotatable bonds is 6. The molecular weight excluding hydrogens is 190 g/mol. The molecule has 0 aliphatic heterocycles. The molecule has 0 atom stereocenters. The van der Waals surface area contributed by atoms with Gasteiger partial charge < -0.3 is 10.4 Å². The van der Waals surface area contributed by atoms with Crippen molar-refractivity contribution in [1.82, 2.24) is 5.32 Å². The first-order valence-electron chi connectivity index (χ1n) is 5.64. The Bertz CT molecular complexity index is 210. The quantitative estimate of drug-likeness (QED) is 0.711. The number of carbonyl (C=O) groups excluding carboxylic acids is 1. The number of nitrogens with one attached hydrogen (secondary N) is 1. The highest BCUT2D eigenvalue weighted by Crippen LogP contribution is 2.22. The van der Waals surface area contributed by atoms with E-state index in [2.05, 4.69) is 5.32 Å². The lowest BCUT2D eigenvalue weighted by atomic mass is 9.86. The smallest absolute Gasteiger partial charge is 0.225 e. The van der Waals surface area contributed by atoms with Crippen molar-refractivity contribution in [2.24, 2.45) is 10.8 Å². The molecule has 0 spiro atoms. The zero-order valence-corrected chi connectivity index (χ0v) is 10.7. The molecule has 0 fully saturated rings. The molecule has 0 heterocycles. The predicted octanol–water partition coefficient (Wildman–Crippen LogP) is 1.95. The van der Waals surface area contributed by atoms with Gasteiger partial charge in [-0.1, -0.05) is 34.6 Å². The molecule has 0 saturated carbocycles. The predicted molar refractivity (Wildman–Crippen MR) is 62.6 cm³/mol. The van der Waals surface area contributed by atoms with Gasteiger partial charge in [-0.3, -0.25) is 4.79 Å². The molecule has 0 bridgehead atoms. The zero-order chi connectivity index (χ0) is 12.1. The average molecular weight is 215 g/mol. The van der Waals surface area contributed by atoms with Gasteiger partial charge in [0.2, 0.25) is 5.91 Å². The van der Waals surface area contributed by atoms with Crippen molar-refractivity contribution < 1.29 is 9.90 Å². The van der Waals surface area contributed by atoms with E-state index in [0.717, 1.165) is 6.42 Å². The van der Waals surface area contributed by atoms with Gasteiger partial charge in [0.25, 0.3) is 0 Å². The minimum Gasteiger partial charge on any atom is -0.396 e. The Morgan fingerprint density at radius 3 is 2.20 bits per heavy atom. The molecule has 0 aromatic carbocycles. The standard InChI is InChI=1S/C12H25NO2/c1-6-12(4,5)10(15)13-9-11(2,3)7-8-14/h14H,6-9H2,1-5H3,(H,13,15). The van der Waals surface area contributed by atoms with Crippen LogP contribution in [-0.2, 0) is 4.79 Å². The molecule has 90 valence electrons. The fourth-order valence-corrected chi connectivity index (χ4v) is 1.11. The van der Waals surface area contributed by atoms with Crippen LogP contribution in [0.25, 0.3) is 0 Å². The fourth-order valence-electron chi connectivity index (χ4n) is 1.11. The van der Waals surface area contributed by atoms with Crippen LogP contribution >= 0.6 is 0 Å². The van der Waals surface area contributed by atoms with Crippen molar-refractivity contribution in [2.45, 2.75) is 47.5 Å². The normalized spacial score (nSPS) is 12.7. The first-order valence-corrected chi connectivity index (χ1v) is 5.64. The lowest BCUT2D eigenvalue weighted by Crippen LogP contribution is -2.41. The molecule has 3 nitrogen and oxygen atoms in total. The van der Waals surface area contributed by atoms with E-state index in [-0.39, 0.29) is 23.3 Å². The Labute approximate surface area is 93.3 Å². The van der Waals surface area contributed by atoms with E-state index in [1.54, 1.807) is 0 Å². The van der Waals surface area contributed by atoms with Gasteiger partial charge in [-0.25, -0.2) is 0 Å². The van der Waals surface area contributed by atoms with Crippen LogP contribution < -0.4 is 5.32 Å². The minimum absolute atomic E-state index is 0.0335. The molecule has 0 aromatic heterocycles. The summed E-state index contributed by atoms with van der Waals surface area (Å²) in [7, 11) is 0. The number of hydrogen-bond donors (Lipinski definition) is 2. The Balaban J connectivity index is 4.11. The summed E-state index contributed by atoms with van der Waals surface area (Å²) >= 11 is 0. The van der Waals surface area contributed by atoms with E-state index in [9.17, 15) is 4.79 Å². The van der Waals surface area contributed by atoms with Crippen molar-refractivity contribution in [3.63, 3.8) is 0 Å². The maximum absolute atomic E-state index is 11.8. The summed E-state index contributed by atoms with van der Waals surface area (Å²) in [5, 5.41) is 11.8. The van der Waals surface area contributed by atoms with E-state index in [1.165, 1.54) is 0 Å². The molecule has 0 saturated heterocycles. The largest absolute Gasteiger partial charge is 0.396 e. The van der Waals surface area contributed by atoms with Crippen LogP contribution in [0.3, 0.4) is 0 Å². The van der Waals surface area contributed by atoms with Gasteiger partial charge >= 0.3 is 0 Å². The highest BCUT2D eigenvalue weighted by atomic mass is 16.3. The maximum Gasteiger partial charge on any atom is 0.225 e. The van der Waals surface area contributed by atoms with Crippen LogP contribution in [0, 0.1) is 10.8 Å². The topological polar surface area (TPSA) is 49.3 Å². The van der Waals surface area contributed by atoms with Crippen LogP contribution in [0.1, 0.15) is 47.5 Å². The van der Waals surface area contributed by atoms with E-state index >= 15 is 0 Å². The summed E-state index contributed by atoms with van der Waals surface area (Å²) in [6.45, 7) is 10.8. The van der Waals surface area contributed by atoms with E-state index in [0.29, 0.717) is 13.0 Å². The summed E-state index contributed by atoms with van der Waals surface area (Å²) < 4.78 is 0. The Morgan fingerprint density at radius 2 is 1.80 bits per heavy atom. The van der Waals surface area contributed by atoms with E-state index < -0.39 is 0 Å². The number of hydrogen-bond acceptors (Lipinski definition) is 2. The van der Waals surface area contributed by atoms with E-state index in [1.807, 2.05) is 34.6 Å². The van der Waals surface area contributed by atoms with Crippen molar-refractivity contribution in [3.05, 3.63) is 0 Å². The lowest BCUT2D eigenvalue weighted by Gasteiger charge is -2.27. The van der Waals surface area contributed by atoms with Gasteiger partial charge in [-0.05, 0) is 18.3 Å². The Hall–Kier alpha value is -0.570. The summed E-state index contributed by atoms with van der Waals surface area (Å²) in [4.78, 5) is 11.8. The third kappa shape index (κ3) is 5.17. The second kappa shape index (κ2) is 5.50. The molecule has 3 heteroatoms. The Kier molecular flexibility index (Phi) is 5.29. The Morgan fingerprint density at radius 1 is 1.27 bits per heavy atom. The van der Waals surface area contributed by atoms with Crippen LogP contribution in [0.4, 0.5) is 0 Å². The second-order valence-corrected chi connectivity index (χ2v) is 5.56. The molecule has 0 radical (unpaired) electrons. The first kappa shape index (κ1) is 14.4. The number of aliphatic hydroxyl groups is 1. The summed E-state index contributed by atoms with van der Waals surface area (Å²) in [6, 6.07) is 0. The maximum atomic E-state index is 11.8.